The smallest absolute Gasteiger partial charge is 0.119 e. The van der Waals surface area contributed by atoms with Gasteiger partial charge in [-0.15, -0.1) is 0 Å². The number of methoxy groups -OCH3 is 2. The van der Waals surface area contributed by atoms with Gasteiger partial charge in [0, 0.05) is 35.8 Å². The zero-order valence-corrected chi connectivity index (χ0v) is 24.5. The van der Waals surface area contributed by atoms with E-state index in [0.717, 1.165) is 66.7 Å². The van der Waals surface area contributed by atoms with Gasteiger partial charge in [-0.05, 0) is 80.7 Å². The average molecular weight is 555 g/mol. The highest BCUT2D eigenvalue weighted by Gasteiger charge is 2.16. The molecule has 1 aliphatic carbocycles. The van der Waals surface area contributed by atoms with Crippen LogP contribution in [-0.2, 0) is 11.2 Å². The minimum absolute atomic E-state index is 0.108. The summed E-state index contributed by atoms with van der Waals surface area (Å²) in [4.78, 5) is 0. The molecule has 0 aromatic heterocycles. The SMILES string of the molecule is COc1ccc2c(C#Cc3c4ccccc4c(C#Cc4cccc5c4C=CC(OC)C5)c4cc(C)ccc34)cccc2c1. The van der Waals surface area contributed by atoms with Crippen LogP contribution in [0.4, 0.5) is 0 Å². The van der Waals surface area contributed by atoms with Crippen molar-refractivity contribution in [1.82, 2.24) is 0 Å². The van der Waals surface area contributed by atoms with Gasteiger partial charge in [0.2, 0.25) is 0 Å². The maximum Gasteiger partial charge on any atom is 0.119 e. The minimum Gasteiger partial charge on any atom is -0.497 e. The summed E-state index contributed by atoms with van der Waals surface area (Å²) < 4.78 is 11.0. The summed E-state index contributed by atoms with van der Waals surface area (Å²) in [6.45, 7) is 2.13. The average Bonchev–Trinajstić information content (AvgIpc) is 3.05. The van der Waals surface area contributed by atoms with E-state index >= 15 is 0 Å². The van der Waals surface area contributed by atoms with Gasteiger partial charge < -0.3 is 9.47 Å². The molecular weight excluding hydrogens is 524 g/mol. The number of fused-ring (bicyclic) bond motifs is 4. The molecule has 0 fully saturated rings. The second-order valence-electron chi connectivity index (χ2n) is 11.0. The molecule has 0 N–H and O–H groups in total. The standard InChI is InChI=1S/C41H30O2/c1-27-14-19-39-38(20-15-28-8-6-10-30-25-32(42-2)17-22-34(28)30)36-12-4-5-13-37(36)40(41(39)24-27)21-16-29-9-7-11-31-26-33(43-3)18-23-35(29)31/h4-14,17-19,22-25,33H,26H2,1-3H3. The molecule has 0 bridgehead atoms. The number of aryl methyl sites for hydroxylation is 1. The van der Waals surface area contributed by atoms with E-state index in [-0.39, 0.29) is 6.10 Å². The molecule has 7 rings (SSSR count). The fourth-order valence-electron chi connectivity index (χ4n) is 6.07. The lowest BCUT2D eigenvalue weighted by molar-refractivity contribution is 0.141. The van der Waals surface area contributed by atoms with E-state index in [0.29, 0.717) is 0 Å². The molecule has 0 amide bonds. The Morgan fingerprint density at radius 1 is 0.628 bits per heavy atom. The Hall–Kier alpha value is -5.28. The Morgan fingerprint density at radius 2 is 1.33 bits per heavy atom. The first-order valence-corrected chi connectivity index (χ1v) is 14.5. The Kier molecular flexibility index (Phi) is 6.92. The maximum absolute atomic E-state index is 5.58. The van der Waals surface area contributed by atoms with Gasteiger partial charge in [0.1, 0.15) is 5.75 Å². The summed E-state index contributed by atoms with van der Waals surface area (Å²) in [5.74, 6) is 15.1. The van der Waals surface area contributed by atoms with Crippen molar-refractivity contribution in [3.63, 3.8) is 0 Å². The number of rotatable bonds is 2. The van der Waals surface area contributed by atoms with Crippen LogP contribution in [0.25, 0.3) is 38.4 Å². The van der Waals surface area contributed by atoms with E-state index in [2.05, 4.69) is 134 Å². The highest BCUT2D eigenvalue weighted by atomic mass is 16.5. The van der Waals surface area contributed by atoms with E-state index in [1.54, 1.807) is 14.2 Å². The first-order chi connectivity index (χ1) is 21.1. The van der Waals surface area contributed by atoms with Gasteiger partial charge in [-0.3, -0.25) is 0 Å². The van der Waals surface area contributed by atoms with Crippen LogP contribution in [0, 0.1) is 30.6 Å². The van der Waals surface area contributed by atoms with Crippen molar-refractivity contribution in [1.29, 1.82) is 0 Å². The summed E-state index contributed by atoms with van der Waals surface area (Å²) in [6.07, 6.45) is 5.25. The van der Waals surface area contributed by atoms with E-state index in [1.165, 1.54) is 16.7 Å². The van der Waals surface area contributed by atoms with Crippen molar-refractivity contribution in [2.24, 2.45) is 0 Å². The van der Waals surface area contributed by atoms with Crippen LogP contribution in [0.15, 0.2) is 103 Å². The zero-order chi connectivity index (χ0) is 29.3. The topological polar surface area (TPSA) is 18.5 Å². The third-order valence-electron chi connectivity index (χ3n) is 8.31. The molecule has 0 radical (unpaired) electrons. The van der Waals surface area contributed by atoms with Crippen molar-refractivity contribution in [2.45, 2.75) is 19.4 Å². The highest BCUT2D eigenvalue weighted by molar-refractivity contribution is 6.10. The van der Waals surface area contributed by atoms with Gasteiger partial charge in [-0.25, -0.2) is 0 Å². The van der Waals surface area contributed by atoms with Gasteiger partial charge in [0.15, 0.2) is 0 Å². The van der Waals surface area contributed by atoms with Gasteiger partial charge in [-0.1, -0.05) is 108 Å². The normalized spacial score (nSPS) is 13.7. The van der Waals surface area contributed by atoms with Gasteiger partial charge in [0.05, 0.1) is 13.2 Å². The summed E-state index contributed by atoms with van der Waals surface area (Å²) in [6, 6.07) is 33.8. The third kappa shape index (κ3) is 4.93. The van der Waals surface area contributed by atoms with Crippen LogP contribution >= 0.6 is 0 Å². The largest absolute Gasteiger partial charge is 0.497 e. The number of hydrogen-bond donors (Lipinski definition) is 0. The Bertz CT molecular complexity index is 2210. The first kappa shape index (κ1) is 26.6. The fraction of sp³-hybridized carbons (Fsp3) is 0.122. The van der Waals surface area contributed by atoms with E-state index in [9.17, 15) is 0 Å². The number of ether oxygens (including phenoxy) is 2. The van der Waals surface area contributed by atoms with Gasteiger partial charge >= 0.3 is 0 Å². The molecule has 1 aliphatic rings. The van der Waals surface area contributed by atoms with Crippen molar-refractivity contribution in [2.75, 3.05) is 14.2 Å². The summed E-state index contributed by atoms with van der Waals surface area (Å²) >= 11 is 0. The summed E-state index contributed by atoms with van der Waals surface area (Å²) in [5.41, 5.74) is 7.72. The van der Waals surface area contributed by atoms with Gasteiger partial charge in [-0.2, -0.15) is 0 Å². The quantitative estimate of drug-likeness (QED) is 0.157. The number of benzene rings is 6. The highest BCUT2D eigenvalue weighted by Crippen LogP contribution is 2.34. The molecule has 2 heteroatoms. The molecule has 43 heavy (non-hydrogen) atoms. The van der Waals surface area contributed by atoms with Crippen LogP contribution in [-0.4, -0.2) is 20.3 Å². The summed E-state index contributed by atoms with van der Waals surface area (Å²) in [7, 11) is 3.45. The predicted octanol–water partition coefficient (Wildman–Crippen LogP) is 8.85. The van der Waals surface area contributed by atoms with Crippen LogP contribution in [0.1, 0.15) is 38.9 Å². The van der Waals surface area contributed by atoms with Crippen LogP contribution in [0.3, 0.4) is 0 Å². The molecule has 0 aliphatic heterocycles. The van der Waals surface area contributed by atoms with E-state index in [1.807, 2.05) is 6.07 Å². The van der Waals surface area contributed by atoms with Crippen molar-refractivity contribution in [3.05, 3.63) is 142 Å². The molecule has 0 heterocycles. The van der Waals surface area contributed by atoms with Crippen molar-refractivity contribution >= 4 is 38.4 Å². The zero-order valence-electron chi connectivity index (χ0n) is 24.5. The molecular formula is C41H30O2. The van der Waals surface area contributed by atoms with Crippen LogP contribution in [0.2, 0.25) is 0 Å². The molecule has 1 unspecified atom stereocenters. The lowest BCUT2D eigenvalue weighted by atomic mass is 9.90. The minimum atomic E-state index is 0.108. The molecule has 6 aromatic carbocycles. The maximum atomic E-state index is 5.58. The monoisotopic (exact) mass is 554 g/mol. The molecule has 2 nitrogen and oxygen atoms in total. The molecule has 0 saturated heterocycles. The fourth-order valence-corrected chi connectivity index (χ4v) is 6.07. The molecule has 0 saturated carbocycles. The number of hydrogen-bond acceptors (Lipinski definition) is 2. The molecule has 6 aromatic rings. The van der Waals surface area contributed by atoms with Crippen molar-refractivity contribution in [3.8, 4) is 29.4 Å². The molecule has 0 spiro atoms. The Labute approximate surface area is 252 Å². The third-order valence-corrected chi connectivity index (χ3v) is 8.31. The lowest BCUT2D eigenvalue weighted by Crippen LogP contribution is -2.15. The van der Waals surface area contributed by atoms with Crippen LogP contribution in [0.5, 0.6) is 5.75 Å². The second kappa shape index (κ2) is 11.2. The second-order valence-corrected chi connectivity index (χ2v) is 11.0. The first-order valence-electron chi connectivity index (χ1n) is 14.5. The predicted molar refractivity (Wildman–Crippen MR) is 179 cm³/mol. The van der Waals surface area contributed by atoms with Gasteiger partial charge in [0.25, 0.3) is 0 Å². The molecule has 206 valence electrons. The summed E-state index contributed by atoms with van der Waals surface area (Å²) in [5, 5.41) is 6.67. The van der Waals surface area contributed by atoms with E-state index in [4.69, 9.17) is 9.47 Å². The Balaban J connectivity index is 1.42. The van der Waals surface area contributed by atoms with E-state index < -0.39 is 0 Å². The Morgan fingerprint density at radius 3 is 2.12 bits per heavy atom. The van der Waals surface area contributed by atoms with Crippen LogP contribution < -0.4 is 4.74 Å². The molecule has 1 atom stereocenters. The van der Waals surface area contributed by atoms with Crippen molar-refractivity contribution < 1.29 is 9.47 Å². The lowest BCUT2D eigenvalue weighted by Gasteiger charge is -2.19.